The summed E-state index contributed by atoms with van der Waals surface area (Å²) < 4.78 is 5.09. The third kappa shape index (κ3) is 6.08. The van der Waals surface area contributed by atoms with E-state index in [-0.39, 0.29) is 29.1 Å². The van der Waals surface area contributed by atoms with Gasteiger partial charge in [0.05, 0.1) is 16.1 Å². The molecule has 0 fully saturated rings. The van der Waals surface area contributed by atoms with Crippen molar-refractivity contribution in [3.8, 4) is 0 Å². The first-order chi connectivity index (χ1) is 12.9. The fourth-order valence-corrected chi connectivity index (χ4v) is 3.15. The molecule has 1 aromatic carbocycles. The molecule has 2 rings (SSSR count). The smallest absolute Gasteiger partial charge is 0.340 e. The first-order valence-corrected chi connectivity index (χ1v) is 9.81. The van der Waals surface area contributed by atoms with Crippen molar-refractivity contribution in [2.24, 2.45) is 0 Å². The fourth-order valence-electron chi connectivity index (χ4n) is 2.36. The van der Waals surface area contributed by atoms with Crippen LogP contribution in [-0.2, 0) is 9.53 Å². The zero-order valence-electron chi connectivity index (χ0n) is 15.1. The molecule has 0 unspecified atom stereocenters. The molecule has 8 heteroatoms. The van der Waals surface area contributed by atoms with Crippen LogP contribution in [0.4, 0.5) is 5.69 Å². The lowest BCUT2D eigenvalue weighted by atomic mass is 10.1. The summed E-state index contributed by atoms with van der Waals surface area (Å²) in [6.45, 7) is 3.55. The molecule has 1 aromatic heterocycles. The van der Waals surface area contributed by atoms with Crippen LogP contribution in [0.5, 0.6) is 0 Å². The molecular formula is C19H21ClN2O4S. The van der Waals surface area contributed by atoms with Gasteiger partial charge in [0.25, 0.3) is 11.8 Å². The largest absolute Gasteiger partial charge is 0.452 e. The molecular weight excluding hydrogens is 388 g/mol. The second-order valence-electron chi connectivity index (χ2n) is 5.78. The highest BCUT2D eigenvalue weighted by Crippen LogP contribution is 2.23. The van der Waals surface area contributed by atoms with Crippen LogP contribution in [0.3, 0.4) is 0 Å². The van der Waals surface area contributed by atoms with Gasteiger partial charge in [0, 0.05) is 11.1 Å². The number of nitrogens with one attached hydrogen (secondary N) is 2. The van der Waals surface area contributed by atoms with Gasteiger partial charge in [-0.05, 0) is 42.5 Å². The molecule has 6 nitrogen and oxygen atoms in total. The van der Waals surface area contributed by atoms with E-state index in [1.807, 2.05) is 13.8 Å². The number of rotatable bonds is 8. The van der Waals surface area contributed by atoms with Crippen molar-refractivity contribution in [3.05, 3.63) is 51.2 Å². The third-order valence-corrected chi connectivity index (χ3v) is 4.98. The van der Waals surface area contributed by atoms with Gasteiger partial charge in [-0.2, -0.15) is 0 Å². The molecule has 2 amide bonds. The number of anilines is 1. The van der Waals surface area contributed by atoms with Crippen LogP contribution in [0.2, 0.25) is 5.02 Å². The number of halogens is 1. The number of thiophene rings is 1. The van der Waals surface area contributed by atoms with E-state index in [4.69, 9.17) is 16.3 Å². The first-order valence-electron chi connectivity index (χ1n) is 8.55. The predicted molar refractivity (Wildman–Crippen MR) is 107 cm³/mol. The van der Waals surface area contributed by atoms with Crippen molar-refractivity contribution < 1.29 is 19.1 Å². The van der Waals surface area contributed by atoms with Gasteiger partial charge in [0.15, 0.2) is 6.61 Å². The van der Waals surface area contributed by atoms with E-state index >= 15 is 0 Å². The standard InChI is InChI=1S/C19H21ClN2O4S/c1-3-13(4-2)21-17(23)11-26-19(25)14-8-7-12(20)10-15(14)22-18(24)16-6-5-9-27-16/h5-10,13H,3-4,11H2,1-2H3,(H,21,23)(H,22,24). The highest BCUT2D eigenvalue weighted by Gasteiger charge is 2.18. The van der Waals surface area contributed by atoms with Crippen molar-refractivity contribution in [1.29, 1.82) is 0 Å². The maximum Gasteiger partial charge on any atom is 0.340 e. The molecule has 0 aliphatic carbocycles. The Kier molecular flexibility index (Phi) is 7.82. The molecule has 0 atom stereocenters. The summed E-state index contributed by atoms with van der Waals surface area (Å²) in [5.41, 5.74) is 0.353. The Morgan fingerprint density at radius 1 is 1.19 bits per heavy atom. The van der Waals surface area contributed by atoms with E-state index in [1.165, 1.54) is 29.5 Å². The Balaban J connectivity index is 2.05. The maximum absolute atomic E-state index is 12.4. The summed E-state index contributed by atoms with van der Waals surface area (Å²) in [6, 6.07) is 7.91. The number of amides is 2. The van der Waals surface area contributed by atoms with Crippen molar-refractivity contribution >= 4 is 46.4 Å². The molecule has 144 valence electrons. The van der Waals surface area contributed by atoms with Gasteiger partial charge in [0.2, 0.25) is 0 Å². The zero-order chi connectivity index (χ0) is 19.8. The molecule has 1 heterocycles. The molecule has 0 saturated carbocycles. The van der Waals surface area contributed by atoms with E-state index < -0.39 is 12.6 Å². The quantitative estimate of drug-likeness (QED) is 0.643. The van der Waals surface area contributed by atoms with Crippen molar-refractivity contribution in [3.63, 3.8) is 0 Å². The van der Waals surface area contributed by atoms with E-state index in [0.29, 0.717) is 9.90 Å². The molecule has 0 radical (unpaired) electrons. The molecule has 0 aliphatic heterocycles. The summed E-state index contributed by atoms with van der Waals surface area (Å²) in [5, 5.41) is 7.59. The molecule has 0 aliphatic rings. The molecule has 2 N–H and O–H groups in total. The summed E-state index contributed by atoms with van der Waals surface area (Å²) in [7, 11) is 0. The second kappa shape index (κ2) is 10.1. The van der Waals surface area contributed by atoms with Gasteiger partial charge >= 0.3 is 5.97 Å². The van der Waals surface area contributed by atoms with Gasteiger partial charge in [-0.1, -0.05) is 31.5 Å². The third-order valence-electron chi connectivity index (χ3n) is 3.88. The molecule has 27 heavy (non-hydrogen) atoms. The second-order valence-corrected chi connectivity index (χ2v) is 7.16. The molecule has 0 spiro atoms. The summed E-state index contributed by atoms with van der Waals surface area (Å²) in [6.07, 6.45) is 1.60. The van der Waals surface area contributed by atoms with Gasteiger partial charge < -0.3 is 15.4 Å². The number of benzene rings is 1. The maximum atomic E-state index is 12.4. The number of carbonyl (C=O) groups is 3. The van der Waals surface area contributed by atoms with Gasteiger partial charge in [0.1, 0.15) is 0 Å². The lowest BCUT2D eigenvalue weighted by molar-refractivity contribution is -0.125. The van der Waals surface area contributed by atoms with Crippen LogP contribution >= 0.6 is 22.9 Å². The monoisotopic (exact) mass is 408 g/mol. The molecule has 0 saturated heterocycles. The highest BCUT2D eigenvalue weighted by molar-refractivity contribution is 7.12. The summed E-state index contributed by atoms with van der Waals surface area (Å²) >= 11 is 7.26. The summed E-state index contributed by atoms with van der Waals surface area (Å²) in [5.74, 6) is -1.43. The van der Waals surface area contributed by atoms with Gasteiger partial charge in [-0.15, -0.1) is 11.3 Å². The number of carbonyl (C=O) groups excluding carboxylic acids is 3. The number of ether oxygens (including phenoxy) is 1. The number of hydrogen-bond acceptors (Lipinski definition) is 5. The minimum Gasteiger partial charge on any atom is -0.452 e. The van der Waals surface area contributed by atoms with Gasteiger partial charge in [-0.25, -0.2) is 4.79 Å². The van der Waals surface area contributed by atoms with Crippen LogP contribution in [-0.4, -0.2) is 30.4 Å². The SMILES string of the molecule is CCC(CC)NC(=O)COC(=O)c1ccc(Cl)cc1NC(=O)c1cccs1. The normalized spacial score (nSPS) is 10.5. The van der Waals surface area contributed by atoms with Crippen LogP contribution in [0.25, 0.3) is 0 Å². The van der Waals surface area contributed by atoms with E-state index in [2.05, 4.69) is 10.6 Å². The average Bonchev–Trinajstić information content (AvgIpc) is 3.19. The lowest BCUT2D eigenvalue weighted by Crippen LogP contribution is -2.36. The average molecular weight is 409 g/mol. The first kappa shape index (κ1) is 20.9. The van der Waals surface area contributed by atoms with Crippen molar-refractivity contribution in [2.75, 3.05) is 11.9 Å². The predicted octanol–water partition coefficient (Wildman–Crippen LogP) is 4.12. The Labute approximate surface area is 166 Å². The van der Waals surface area contributed by atoms with Crippen LogP contribution < -0.4 is 10.6 Å². The molecule has 2 aromatic rings. The minimum absolute atomic E-state index is 0.0485. The lowest BCUT2D eigenvalue weighted by Gasteiger charge is -2.15. The van der Waals surface area contributed by atoms with Crippen molar-refractivity contribution in [1.82, 2.24) is 5.32 Å². The van der Waals surface area contributed by atoms with Crippen molar-refractivity contribution in [2.45, 2.75) is 32.7 Å². The highest BCUT2D eigenvalue weighted by atomic mass is 35.5. The Bertz CT molecular complexity index is 804. The topological polar surface area (TPSA) is 84.5 Å². The fraction of sp³-hybridized carbons (Fsp3) is 0.316. The van der Waals surface area contributed by atoms with E-state index in [9.17, 15) is 14.4 Å². The summed E-state index contributed by atoms with van der Waals surface area (Å²) in [4.78, 5) is 37.0. The van der Waals surface area contributed by atoms with Gasteiger partial charge in [-0.3, -0.25) is 9.59 Å². The number of hydrogen-bond donors (Lipinski definition) is 2. The molecule has 0 bridgehead atoms. The Morgan fingerprint density at radius 3 is 2.56 bits per heavy atom. The Morgan fingerprint density at radius 2 is 1.93 bits per heavy atom. The van der Waals surface area contributed by atoms with E-state index in [1.54, 1.807) is 17.5 Å². The number of esters is 1. The zero-order valence-corrected chi connectivity index (χ0v) is 16.7. The van der Waals surface area contributed by atoms with Crippen LogP contribution in [0, 0.1) is 0 Å². The van der Waals surface area contributed by atoms with Crippen LogP contribution in [0.15, 0.2) is 35.7 Å². The minimum atomic E-state index is -0.715. The van der Waals surface area contributed by atoms with Crippen LogP contribution in [0.1, 0.15) is 46.7 Å². The Hall–Kier alpha value is -2.38. The van der Waals surface area contributed by atoms with E-state index in [0.717, 1.165) is 12.8 Å².